The summed E-state index contributed by atoms with van der Waals surface area (Å²) in [5, 5.41) is 10.1. The summed E-state index contributed by atoms with van der Waals surface area (Å²) in [6.45, 7) is 8.97. The number of carbonyl (C=O) groups excluding carboxylic acids is 1. The van der Waals surface area contributed by atoms with Crippen molar-refractivity contribution in [2.75, 3.05) is 33.2 Å². The Kier molecular flexibility index (Phi) is 8.25. The van der Waals surface area contributed by atoms with Crippen LogP contribution < -0.4 is 20.7 Å². The highest BCUT2D eigenvalue weighted by Gasteiger charge is 2.20. The Bertz CT molecular complexity index is 1210. The second kappa shape index (κ2) is 11.8. The summed E-state index contributed by atoms with van der Waals surface area (Å²) in [7, 11) is 2.20. The van der Waals surface area contributed by atoms with E-state index in [0.717, 1.165) is 36.5 Å². The molecule has 1 amide bonds. The van der Waals surface area contributed by atoms with E-state index < -0.39 is 0 Å². The maximum Gasteiger partial charge on any atom is 0.252 e. The number of aryl methyl sites for hydroxylation is 1. The van der Waals surface area contributed by atoms with Gasteiger partial charge in [0.05, 0.1) is 6.04 Å². The van der Waals surface area contributed by atoms with Gasteiger partial charge in [-0.15, -0.1) is 11.3 Å². The first kappa shape index (κ1) is 25.9. The molecule has 6 nitrogen and oxygen atoms in total. The molecule has 0 bridgehead atoms. The van der Waals surface area contributed by atoms with Crippen LogP contribution in [0.25, 0.3) is 10.4 Å². The van der Waals surface area contributed by atoms with Gasteiger partial charge in [-0.3, -0.25) is 4.79 Å². The lowest BCUT2D eigenvalue weighted by molar-refractivity contribution is 0.0937. The van der Waals surface area contributed by atoms with Gasteiger partial charge in [0.1, 0.15) is 11.9 Å². The van der Waals surface area contributed by atoms with Crippen molar-refractivity contribution in [1.29, 1.82) is 0 Å². The Morgan fingerprint density at radius 3 is 2.70 bits per heavy atom. The van der Waals surface area contributed by atoms with E-state index in [1.165, 1.54) is 41.2 Å². The molecule has 2 fully saturated rings. The molecular formula is C30H38N4O2S. The van der Waals surface area contributed by atoms with Crippen LogP contribution in [0, 0.1) is 6.92 Å². The summed E-state index contributed by atoms with van der Waals surface area (Å²) in [5.74, 6) is 0.668. The van der Waals surface area contributed by atoms with Gasteiger partial charge in [0.15, 0.2) is 0 Å². The second-order valence-electron chi connectivity index (χ2n) is 10.4. The lowest BCUT2D eigenvalue weighted by Gasteiger charge is -2.29. The van der Waals surface area contributed by atoms with Crippen LogP contribution >= 0.6 is 11.3 Å². The molecule has 1 atom stereocenters. The third-order valence-corrected chi connectivity index (χ3v) is 8.60. The van der Waals surface area contributed by atoms with E-state index in [0.29, 0.717) is 11.6 Å². The molecule has 0 saturated carbocycles. The lowest BCUT2D eigenvalue weighted by atomic mass is 10.0. The molecule has 196 valence electrons. The smallest absolute Gasteiger partial charge is 0.252 e. The molecule has 2 aliphatic rings. The van der Waals surface area contributed by atoms with Crippen LogP contribution in [0.15, 0.2) is 54.6 Å². The zero-order valence-corrected chi connectivity index (χ0v) is 22.9. The van der Waals surface area contributed by atoms with E-state index in [9.17, 15) is 4.79 Å². The standard InChI is InChI=1S/C30H38N4O2S/c1-20-7-8-25(36-26-17-31-18-26)16-28(20)30(35)33-21(2)22-5-4-6-23(15-22)29-10-9-27(37-29)19-32-24-11-13-34(3)14-12-24/h4-10,15-16,21,24,26,31-32H,11-14,17-19H2,1-3H3,(H,33,35)/t21-/m1/s1. The molecule has 0 radical (unpaired) electrons. The van der Waals surface area contributed by atoms with E-state index in [4.69, 9.17) is 4.74 Å². The molecule has 0 unspecified atom stereocenters. The van der Waals surface area contributed by atoms with Gasteiger partial charge in [-0.25, -0.2) is 0 Å². The molecule has 2 aliphatic heterocycles. The quantitative estimate of drug-likeness (QED) is 0.382. The molecule has 0 aliphatic carbocycles. The zero-order valence-electron chi connectivity index (χ0n) is 22.0. The predicted molar refractivity (Wildman–Crippen MR) is 151 cm³/mol. The number of hydrogen-bond donors (Lipinski definition) is 3. The minimum atomic E-state index is -0.113. The fourth-order valence-corrected chi connectivity index (χ4v) is 5.82. The van der Waals surface area contributed by atoms with Crippen LogP contribution in [0.3, 0.4) is 0 Å². The van der Waals surface area contributed by atoms with Gasteiger partial charge >= 0.3 is 0 Å². The van der Waals surface area contributed by atoms with Crippen molar-refractivity contribution in [2.24, 2.45) is 0 Å². The van der Waals surface area contributed by atoms with Crippen molar-refractivity contribution in [3.05, 3.63) is 76.2 Å². The molecule has 0 spiro atoms. The van der Waals surface area contributed by atoms with Gasteiger partial charge in [-0.1, -0.05) is 24.3 Å². The number of amides is 1. The number of thiophene rings is 1. The summed E-state index contributed by atoms with van der Waals surface area (Å²) in [6, 6.07) is 19.2. The van der Waals surface area contributed by atoms with Gasteiger partial charge in [0, 0.05) is 41.0 Å². The number of rotatable bonds is 9. The molecule has 1 aromatic heterocycles. The number of nitrogens with one attached hydrogen (secondary N) is 3. The molecule has 3 N–H and O–H groups in total. The molecule has 3 aromatic rings. The molecule has 37 heavy (non-hydrogen) atoms. The maximum absolute atomic E-state index is 13.2. The van der Waals surface area contributed by atoms with Gasteiger partial charge in [0.2, 0.25) is 0 Å². The number of benzene rings is 2. The monoisotopic (exact) mass is 518 g/mol. The number of likely N-dealkylation sites (tertiary alicyclic amines) is 1. The Labute approximate surface area is 224 Å². The Balaban J connectivity index is 1.20. The van der Waals surface area contributed by atoms with E-state index in [1.54, 1.807) is 0 Å². The first-order chi connectivity index (χ1) is 17.9. The minimum absolute atomic E-state index is 0.0778. The molecular weight excluding hydrogens is 480 g/mol. The van der Waals surface area contributed by atoms with Crippen molar-refractivity contribution in [3.63, 3.8) is 0 Å². The highest BCUT2D eigenvalue weighted by molar-refractivity contribution is 7.15. The largest absolute Gasteiger partial charge is 0.488 e. The number of nitrogens with zero attached hydrogens (tertiary/aromatic N) is 1. The van der Waals surface area contributed by atoms with Crippen molar-refractivity contribution in [1.82, 2.24) is 20.9 Å². The van der Waals surface area contributed by atoms with Crippen molar-refractivity contribution < 1.29 is 9.53 Å². The second-order valence-corrected chi connectivity index (χ2v) is 11.6. The van der Waals surface area contributed by atoms with Crippen molar-refractivity contribution >= 4 is 17.2 Å². The van der Waals surface area contributed by atoms with Crippen molar-refractivity contribution in [3.8, 4) is 16.2 Å². The average molecular weight is 519 g/mol. The number of piperidine rings is 1. The van der Waals surface area contributed by atoms with Crippen LogP contribution in [0.1, 0.15) is 52.2 Å². The summed E-state index contributed by atoms with van der Waals surface area (Å²) in [5.41, 5.74) is 3.89. The number of carbonyl (C=O) groups is 1. The summed E-state index contributed by atoms with van der Waals surface area (Å²) in [4.78, 5) is 18.2. The summed E-state index contributed by atoms with van der Waals surface area (Å²) in [6.07, 6.45) is 2.62. The number of hydrogen-bond acceptors (Lipinski definition) is 6. The third-order valence-electron chi connectivity index (χ3n) is 7.46. The SMILES string of the molecule is Cc1ccc(OC2CNC2)cc1C(=O)N[C@H](C)c1cccc(-c2ccc(CNC3CCN(C)CC3)s2)c1. The average Bonchev–Trinajstić information content (AvgIpc) is 3.36. The maximum atomic E-state index is 13.2. The van der Waals surface area contributed by atoms with Gasteiger partial charge in [0.25, 0.3) is 5.91 Å². The van der Waals surface area contributed by atoms with Gasteiger partial charge in [-0.05, 0) is 93.8 Å². The molecule has 5 rings (SSSR count). The Morgan fingerprint density at radius 1 is 1.14 bits per heavy atom. The fourth-order valence-electron chi connectivity index (χ4n) is 4.86. The van der Waals surface area contributed by atoms with Gasteiger partial charge in [-0.2, -0.15) is 0 Å². The zero-order chi connectivity index (χ0) is 25.8. The lowest BCUT2D eigenvalue weighted by Crippen LogP contribution is -2.50. The van der Waals surface area contributed by atoms with E-state index in [1.807, 2.05) is 43.4 Å². The molecule has 2 saturated heterocycles. The topological polar surface area (TPSA) is 65.6 Å². The van der Waals surface area contributed by atoms with Crippen LogP contribution in [0.2, 0.25) is 0 Å². The minimum Gasteiger partial charge on any atom is -0.488 e. The van der Waals surface area contributed by atoms with E-state index in [2.05, 4.69) is 64.3 Å². The van der Waals surface area contributed by atoms with Crippen LogP contribution in [0.4, 0.5) is 0 Å². The summed E-state index contributed by atoms with van der Waals surface area (Å²) >= 11 is 1.84. The van der Waals surface area contributed by atoms with Crippen molar-refractivity contribution in [2.45, 2.75) is 51.4 Å². The first-order valence-electron chi connectivity index (χ1n) is 13.3. The molecule has 2 aromatic carbocycles. The summed E-state index contributed by atoms with van der Waals surface area (Å²) < 4.78 is 5.96. The molecule has 7 heteroatoms. The van der Waals surface area contributed by atoms with Crippen LogP contribution in [-0.4, -0.2) is 56.2 Å². The van der Waals surface area contributed by atoms with E-state index in [-0.39, 0.29) is 18.1 Å². The Morgan fingerprint density at radius 2 is 1.95 bits per heavy atom. The highest BCUT2D eigenvalue weighted by Crippen LogP contribution is 2.30. The fraction of sp³-hybridized carbons (Fsp3) is 0.433. The third kappa shape index (κ3) is 6.60. The number of ether oxygens (including phenoxy) is 1. The van der Waals surface area contributed by atoms with Crippen LogP contribution in [0.5, 0.6) is 5.75 Å². The van der Waals surface area contributed by atoms with Crippen LogP contribution in [-0.2, 0) is 6.54 Å². The molecule has 3 heterocycles. The van der Waals surface area contributed by atoms with Gasteiger partial charge < -0.3 is 25.6 Å². The first-order valence-corrected chi connectivity index (χ1v) is 14.2. The Hall–Kier alpha value is -2.71. The normalized spacial score (nSPS) is 17.8. The van der Waals surface area contributed by atoms with E-state index >= 15 is 0 Å². The highest BCUT2D eigenvalue weighted by atomic mass is 32.1. The predicted octanol–water partition coefficient (Wildman–Crippen LogP) is 4.75.